The van der Waals surface area contributed by atoms with Gasteiger partial charge in [-0.15, -0.1) is 0 Å². The van der Waals surface area contributed by atoms with E-state index in [-0.39, 0.29) is 11.5 Å². The van der Waals surface area contributed by atoms with Crippen LogP contribution in [0.3, 0.4) is 0 Å². The van der Waals surface area contributed by atoms with Crippen LogP contribution in [-0.2, 0) is 9.53 Å². The first-order valence-electron chi connectivity index (χ1n) is 8.00. The van der Waals surface area contributed by atoms with E-state index >= 15 is 0 Å². The van der Waals surface area contributed by atoms with Gasteiger partial charge in [0.2, 0.25) is 5.91 Å². The summed E-state index contributed by atoms with van der Waals surface area (Å²) in [6.07, 6.45) is 0. The maximum absolute atomic E-state index is 12.4. The topological polar surface area (TPSA) is 113 Å². The molecule has 2 rings (SSSR count). The first-order valence-corrected chi connectivity index (χ1v) is 8.98. The summed E-state index contributed by atoms with van der Waals surface area (Å²) < 4.78 is 5.24. The number of H-pyrrole nitrogens is 1. The first kappa shape index (κ1) is 19.7. The van der Waals surface area contributed by atoms with Gasteiger partial charge in [0.15, 0.2) is 16.7 Å². The van der Waals surface area contributed by atoms with Gasteiger partial charge < -0.3 is 15.4 Å². The fourth-order valence-corrected chi connectivity index (χ4v) is 2.73. The van der Waals surface area contributed by atoms with E-state index in [0.29, 0.717) is 29.7 Å². The van der Waals surface area contributed by atoms with Gasteiger partial charge in [0, 0.05) is 24.8 Å². The molecule has 8 nitrogen and oxygen atoms in total. The smallest absolute Gasteiger partial charge is 0.277 e. The molecule has 0 saturated heterocycles. The van der Waals surface area contributed by atoms with E-state index in [9.17, 15) is 14.4 Å². The fourth-order valence-electron chi connectivity index (χ4n) is 2.01. The molecule has 0 saturated carbocycles. The van der Waals surface area contributed by atoms with Crippen molar-refractivity contribution >= 4 is 35.1 Å². The van der Waals surface area contributed by atoms with E-state index in [4.69, 9.17) is 4.74 Å². The standard InChI is InChI=1S/C17H20N4O4S/c1-3-25-9-10-26-17-20-14(18-11(2)22)13(16(24)21-17)19-15(23)12-7-5-4-6-8-12/h4-8H,3,9-10H2,1-2H3,(H,19,23)(H2,18,20,21,22,24). The Hall–Kier alpha value is -2.65. The maximum atomic E-state index is 12.4. The highest BCUT2D eigenvalue weighted by molar-refractivity contribution is 7.99. The molecule has 0 unspecified atom stereocenters. The normalized spacial score (nSPS) is 10.4. The van der Waals surface area contributed by atoms with Crippen LogP contribution in [0.5, 0.6) is 0 Å². The van der Waals surface area contributed by atoms with Crippen molar-refractivity contribution in [2.45, 2.75) is 19.0 Å². The predicted molar refractivity (Wildman–Crippen MR) is 101 cm³/mol. The minimum absolute atomic E-state index is 0.00411. The molecule has 138 valence electrons. The van der Waals surface area contributed by atoms with Gasteiger partial charge in [-0.25, -0.2) is 4.98 Å². The summed E-state index contributed by atoms with van der Waals surface area (Å²) >= 11 is 1.28. The summed E-state index contributed by atoms with van der Waals surface area (Å²) in [4.78, 5) is 43.0. The summed E-state index contributed by atoms with van der Waals surface area (Å²) in [5.74, 6) is -0.277. The third kappa shape index (κ3) is 5.71. The first-order chi connectivity index (χ1) is 12.5. The average molecular weight is 376 g/mol. The number of carbonyl (C=O) groups excluding carboxylic acids is 2. The molecule has 0 radical (unpaired) electrons. The lowest BCUT2D eigenvalue weighted by Gasteiger charge is -2.11. The lowest BCUT2D eigenvalue weighted by Crippen LogP contribution is -2.24. The van der Waals surface area contributed by atoms with Crippen molar-refractivity contribution in [2.24, 2.45) is 0 Å². The number of ether oxygens (including phenoxy) is 1. The quantitative estimate of drug-likeness (QED) is 0.369. The van der Waals surface area contributed by atoms with Gasteiger partial charge in [0.05, 0.1) is 6.61 Å². The van der Waals surface area contributed by atoms with E-state index in [2.05, 4.69) is 20.6 Å². The Kier molecular flexibility index (Phi) is 7.37. The van der Waals surface area contributed by atoms with Gasteiger partial charge in [-0.2, -0.15) is 0 Å². The molecule has 2 amide bonds. The highest BCUT2D eigenvalue weighted by atomic mass is 32.2. The Bertz CT molecular complexity index is 823. The van der Waals surface area contributed by atoms with Gasteiger partial charge in [-0.3, -0.25) is 19.4 Å². The fraction of sp³-hybridized carbons (Fsp3) is 0.294. The molecule has 1 aromatic heterocycles. The van der Waals surface area contributed by atoms with Gasteiger partial charge >= 0.3 is 0 Å². The zero-order valence-corrected chi connectivity index (χ0v) is 15.3. The molecule has 26 heavy (non-hydrogen) atoms. The van der Waals surface area contributed by atoms with Crippen LogP contribution in [0.2, 0.25) is 0 Å². The Labute approximate surface area is 154 Å². The Morgan fingerprint density at radius 3 is 2.62 bits per heavy atom. The molecule has 0 fully saturated rings. The third-order valence-electron chi connectivity index (χ3n) is 3.14. The second-order valence-corrected chi connectivity index (χ2v) is 6.23. The van der Waals surface area contributed by atoms with Crippen molar-refractivity contribution in [1.29, 1.82) is 0 Å². The molecule has 2 aromatic rings. The number of hydrogen-bond acceptors (Lipinski definition) is 6. The Morgan fingerprint density at radius 2 is 1.96 bits per heavy atom. The van der Waals surface area contributed by atoms with Crippen LogP contribution in [-0.4, -0.2) is 40.7 Å². The molecule has 0 aliphatic heterocycles. The van der Waals surface area contributed by atoms with Gasteiger partial charge in [-0.05, 0) is 19.1 Å². The van der Waals surface area contributed by atoms with Crippen LogP contribution in [0, 0.1) is 0 Å². The van der Waals surface area contributed by atoms with Crippen LogP contribution < -0.4 is 16.2 Å². The third-order valence-corrected chi connectivity index (χ3v) is 3.97. The van der Waals surface area contributed by atoms with Gasteiger partial charge in [0.1, 0.15) is 0 Å². The second-order valence-electron chi connectivity index (χ2n) is 5.14. The van der Waals surface area contributed by atoms with E-state index in [0.717, 1.165) is 0 Å². The molecule has 1 aromatic carbocycles. The maximum Gasteiger partial charge on any atom is 0.277 e. The molecule has 1 heterocycles. The zero-order chi connectivity index (χ0) is 18.9. The van der Waals surface area contributed by atoms with Crippen molar-refractivity contribution in [2.75, 3.05) is 29.6 Å². The predicted octanol–water partition coefficient (Wildman–Crippen LogP) is 2.11. The summed E-state index contributed by atoms with van der Waals surface area (Å²) in [7, 11) is 0. The largest absolute Gasteiger partial charge is 0.381 e. The number of rotatable bonds is 8. The van der Waals surface area contributed by atoms with E-state index in [1.165, 1.54) is 18.7 Å². The van der Waals surface area contributed by atoms with Crippen molar-refractivity contribution in [3.05, 3.63) is 46.2 Å². The summed E-state index contributed by atoms with van der Waals surface area (Å²) in [6.45, 7) is 4.30. The minimum atomic E-state index is -0.549. The molecular weight excluding hydrogens is 356 g/mol. The highest BCUT2D eigenvalue weighted by Gasteiger charge is 2.16. The molecule has 0 aliphatic carbocycles. The summed E-state index contributed by atoms with van der Waals surface area (Å²) in [5, 5.41) is 5.32. The number of amides is 2. The van der Waals surface area contributed by atoms with Crippen LogP contribution in [0.4, 0.5) is 11.5 Å². The van der Waals surface area contributed by atoms with Crippen LogP contribution in [0.15, 0.2) is 40.3 Å². The van der Waals surface area contributed by atoms with Crippen LogP contribution in [0.25, 0.3) is 0 Å². The Balaban J connectivity index is 2.24. The molecule has 3 N–H and O–H groups in total. The molecular formula is C17H20N4O4S. The highest BCUT2D eigenvalue weighted by Crippen LogP contribution is 2.20. The van der Waals surface area contributed by atoms with E-state index in [1.54, 1.807) is 30.3 Å². The molecule has 0 bridgehead atoms. The molecule has 9 heteroatoms. The lowest BCUT2D eigenvalue weighted by atomic mass is 10.2. The number of aromatic amines is 1. The van der Waals surface area contributed by atoms with E-state index < -0.39 is 17.4 Å². The van der Waals surface area contributed by atoms with Gasteiger partial charge in [0.25, 0.3) is 11.5 Å². The molecule has 0 spiro atoms. The SMILES string of the molecule is CCOCCSc1nc(NC(C)=O)c(NC(=O)c2ccccc2)c(=O)[nH]1. The number of carbonyl (C=O) groups is 2. The summed E-state index contributed by atoms with van der Waals surface area (Å²) in [5.41, 5.74) is -0.272. The summed E-state index contributed by atoms with van der Waals surface area (Å²) in [6, 6.07) is 8.44. The number of nitrogens with one attached hydrogen (secondary N) is 3. The van der Waals surface area contributed by atoms with Crippen LogP contribution in [0.1, 0.15) is 24.2 Å². The number of nitrogens with zero attached hydrogens (tertiary/aromatic N) is 1. The van der Waals surface area contributed by atoms with Crippen molar-refractivity contribution in [1.82, 2.24) is 9.97 Å². The second kappa shape index (κ2) is 9.73. The minimum Gasteiger partial charge on any atom is -0.381 e. The van der Waals surface area contributed by atoms with Crippen LogP contribution >= 0.6 is 11.8 Å². The monoisotopic (exact) mass is 376 g/mol. The number of aromatic nitrogens is 2. The molecule has 0 aliphatic rings. The van der Waals surface area contributed by atoms with Gasteiger partial charge in [-0.1, -0.05) is 30.0 Å². The number of thioether (sulfide) groups is 1. The zero-order valence-electron chi connectivity index (χ0n) is 14.5. The molecule has 0 atom stereocenters. The van der Waals surface area contributed by atoms with Crippen molar-refractivity contribution in [3.63, 3.8) is 0 Å². The Morgan fingerprint density at radius 1 is 1.23 bits per heavy atom. The number of anilines is 2. The number of benzene rings is 1. The van der Waals surface area contributed by atoms with Crippen molar-refractivity contribution in [3.8, 4) is 0 Å². The number of hydrogen-bond donors (Lipinski definition) is 3. The lowest BCUT2D eigenvalue weighted by molar-refractivity contribution is -0.114. The van der Waals surface area contributed by atoms with Crippen molar-refractivity contribution < 1.29 is 14.3 Å². The van der Waals surface area contributed by atoms with E-state index in [1.807, 2.05) is 6.92 Å². The average Bonchev–Trinajstić information content (AvgIpc) is 2.62.